The van der Waals surface area contributed by atoms with Crippen molar-refractivity contribution in [2.24, 2.45) is 0 Å². The van der Waals surface area contributed by atoms with Gasteiger partial charge in [-0.1, -0.05) is 29.3 Å². The molecule has 0 aliphatic carbocycles. The summed E-state index contributed by atoms with van der Waals surface area (Å²) in [4.78, 5) is 8.71. The molecule has 0 aliphatic heterocycles. The summed E-state index contributed by atoms with van der Waals surface area (Å²) < 4.78 is 2.00. The highest BCUT2D eigenvalue weighted by Gasteiger charge is 2.20. The zero-order valence-corrected chi connectivity index (χ0v) is 15.8. The predicted molar refractivity (Wildman–Crippen MR) is 108 cm³/mol. The molecule has 1 N–H and O–H groups in total. The van der Waals surface area contributed by atoms with Gasteiger partial charge in [0.1, 0.15) is 11.9 Å². The summed E-state index contributed by atoms with van der Waals surface area (Å²) in [5.41, 5.74) is 6.39. The van der Waals surface area contributed by atoms with Gasteiger partial charge < -0.3 is 9.67 Å². The van der Waals surface area contributed by atoms with Crippen molar-refractivity contribution in [2.75, 3.05) is 0 Å². The number of rotatable bonds is 4. The highest BCUT2D eigenvalue weighted by atomic mass is 16.3. The van der Waals surface area contributed by atoms with E-state index in [4.69, 9.17) is 0 Å². The molecule has 0 aliphatic rings. The number of fused-ring (bicyclic) bond motifs is 1. The molecule has 0 saturated carbocycles. The van der Waals surface area contributed by atoms with E-state index in [2.05, 4.69) is 48.1 Å². The summed E-state index contributed by atoms with van der Waals surface area (Å²) in [5.74, 6) is 0.551. The Labute approximate surface area is 163 Å². The van der Waals surface area contributed by atoms with Gasteiger partial charge in [-0.25, -0.2) is 4.98 Å². The molecule has 2 aromatic heterocycles. The summed E-state index contributed by atoms with van der Waals surface area (Å²) in [5, 5.41) is 20.3. The zero-order valence-electron chi connectivity index (χ0n) is 15.8. The van der Waals surface area contributed by atoms with E-state index < -0.39 is 6.10 Å². The van der Waals surface area contributed by atoms with Crippen LogP contribution < -0.4 is 0 Å². The number of nitrogens with zero attached hydrogens (tertiary/aromatic N) is 4. The fourth-order valence-electron chi connectivity index (χ4n) is 3.62. The third-order valence-electron chi connectivity index (χ3n) is 4.80. The molecule has 0 fully saturated rings. The molecule has 0 amide bonds. The molecule has 5 nitrogen and oxygen atoms in total. The van der Waals surface area contributed by atoms with E-state index in [1.165, 1.54) is 11.1 Å². The van der Waals surface area contributed by atoms with E-state index in [1.54, 1.807) is 30.6 Å². The van der Waals surface area contributed by atoms with Crippen LogP contribution in [-0.2, 0) is 6.54 Å². The van der Waals surface area contributed by atoms with Gasteiger partial charge in [-0.3, -0.25) is 4.98 Å². The summed E-state index contributed by atoms with van der Waals surface area (Å²) in [7, 11) is 0. The lowest BCUT2D eigenvalue weighted by Crippen LogP contribution is -2.11. The van der Waals surface area contributed by atoms with Crippen LogP contribution in [0.2, 0.25) is 0 Å². The van der Waals surface area contributed by atoms with Crippen molar-refractivity contribution >= 4 is 11.0 Å². The molecule has 0 bridgehead atoms. The second-order valence-electron chi connectivity index (χ2n) is 7.05. The molecular formula is C23H20N4O. The lowest BCUT2D eigenvalue weighted by atomic mass is 10.1. The van der Waals surface area contributed by atoms with Crippen LogP contribution in [0.4, 0.5) is 0 Å². The first kappa shape index (κ1) is 17.9. The molecule has 0 saturated heterocycles. The van der Waals surface area contributed by atoms with Gasteiger partial charge in [0, 0.05) is 18.9 Å². The Balaban J connectivity index is 1.89. The summed E-state index contributed by atoms with van der Waals surface area (Å²) in [6, 6.07) is 17.6. The van der Waals surface area contributed by atoms with Crippen LogP contribution in [0, 0.1) is 25.2 Å². The van der Waals surface area contributed by atoms with Gasteiger partial charge in [0.25, 0.3) is 0 Å². The van der Waals surface area contributed by atoms with E-state index in [1.807, 2.05) is 16.7 Å². The van der Waals surface area contributed by atoms with Crippen LogP contribution in [0.1, 0.15) is 39.7 Å². The first-order valence-electron chi connectivity index (χ1n) is 9.10. The smallest absolute Gasteiger partial charge is 0.143 e. The average molecular weight is 368 g/mol. The Kier molecular flexibility index (Phi) is 4.64. The average Bonchev–Trinajstić information content (AvgIpc) is 3.05. The van der Waals surface area contributed by atoms with E-state index in [9.17, 15) is 10.4 Å². The number of hydrogen-bond donors (Lipinski definition) is 1. The van der Waals surface area contributed by atoms with Crippen LogP contribution in [0.15, 0.2) is 60.9 Å². The van der Waals surface area contributed by atoms with Gasteiger partial charge in [-0.2, -0.15) is 5.26 Å². The van der Waals surface area contributed by atoms with Gasteiger partial charge >= 0.3 is 0 Å². The quantitative estimate of drug-likeness (QED) is 0.590. The highest BCUT2D eigenvalue weighted by molar-refractivity contribution is 5.78. The number of pyridine rings is 1. The number of aromatic nitrogens is 3. The monoisotopic (exact) mass is 368 g/mol. The molecule has 1 atom stereocenters. The molecule has 2 heterocycles. The second kappa shape index (κ2) is 7.26. The number of aliphatic hydroxyl groups is 1. The van der Waals surface area contributed by atoms with Crippen molar-refractivity contribution in [3.05, 3.63) is 94.6 Å². The summed E-state index contributed by atoms with van der Waals surface area (Å²) in [6.07, 6.45) is 2.43. The maximum atomic E-state index is 11.0. The van der Waals surface area contributed by atoms with Crippen LogP contribution in [-0.4, -0.2) is 19.6 Å². The van der Waals surface area contributed by atoms with Gasteiger partial charge in [0.2, 0.25) is 0 Å². The van der Waals surface area contributed by atoms with Gasteiger partial charge in [0.15, 0.2) is 0 Å². The molecule has 0 spiro atoms. The molecule has 4 aromatic rings. The summed E-state index contributed by atoms with van der Waals surface area (Å²) in [6.45, 7) is 4.71. The van der Waals surface area contributed by atoms with Crippen molar-refractivity contribution in [3.63, 3.8) is 0 Å². The van der Waals surface area contributed by atoms with E-state index in [-0.39, 0.29) is 0 Å². The van der Waals surface area contributed by atoms with Crippen LogP contribution in [0.5, 0.6) is 0 Å². The van der Waals surface area contributed by atoms with Crippen molar-refractivity contribution in [1.29, 1.82) is 5.26 Å². The SMILES string of the molecule is Cc1cc(C)cc(Cn2c(C(O)c3ccncc3)nc3ccc(C#N)cc32)c1. The van der Waals surface area contributed by atoms with Crippen molar-refractivity contribution in [1.82, 2.24) is 14.5 Å². The number of aliphatic hydroxyl groups excluding tert-OH is 1. The van der Waals surface area contributed by atoms with Gasteiger partial charge in [-0.15, -0.1) is 0 Å². The topological polar surface area (TPSA) is 74.7 Å². The molecule has 5 heteroatoms. The lowest BCUT2D eigenvalue weighted by molar-refractivity contribution is 0.206. The Morgan fingerprint density at radius 3 is 2.43 bits per heavy atom. The fourth-order valence-corrected chi connectivity index (χ4v) is 3.62. The fraction of sp³-hybridized carbons (Fsp3) is 0.174. The van der Waals surface area contributed by atoms with Crippen LogP contribution in [0.25, 0.3) is 11.0 Å². The molecule has 4 rings (SSSR count). The minimum absolute atomic E-state index is 0.551. The van der Waals surface area contributed by atoms with E-state index in [0.29, 0.717) is 17.9 Å². The number of aryl methyl sites for hydroxylation is 2. The Hall–Kier alpha value is -3.49. The number of nitriles is 1. The van der Waals surface area contributed by atoms with E-state index in [0.717, 1.165) is 22.2 Å². The van der Waals surface area contributed by atoms with Crippen molar-refractivity contribution in [2.45, 2.75) is 26.5 Å². The Morgan fingerprint density at radius 1 is 1.04 bits per heavy atom. The first-order valence-corrected chi connectivity index (χ1v) is 9.10. The summed E-state index contributed by atoms with van der Waals surface area (Å²) >= 11 is 0. The first-order chi connectivity index (χ1) is 13.5. The van der Waals surface area contributed by atoms with Gasteiger partial charge in [0.05, 0.1) is 22.7 Å². The number of hydrogen-bond acceptors (Lipinski definition) is 4. The molecule has 138 valence electrons. The third kappa shape index (κ3) is 3.38. The highest BCUT2D eigenvalue weighted by Crippen LogP contribution is 2.27. The molecular weight excluding hydrogens is 348 g/mol. The van der Waals surface area contributed by atoms with Gasteiger partial charge in [-0.05, 0) is 55.3 Å². The maximum Gasteiger partial charge on any atom is 0.143 e. The van der Waals surface area contributed by atoms with E-state index >= 15 is 0 Å². The lowest BCUT2D eigenvalue weighted by Gasteiger charge is -2.15. The minimum Gasteiger partial charge on any atom is -0.380 e. The van der Waals surface area contributed by atoms with Crippen molar-refractivity contribution in [3.8, 4) is 6.07 Å². The standard InChI is InChI=1S/C23H20N4O/c1-15-9-16(2)11-18(10-15)14-27-21-12-17(13-24)3-4-20(21)26-23(27)22(28)19-5-7-25-8-6-19/h3-12,22,28H,14H2,1-2H3. The molecule has 2 aromatic carbocycles. The second-order valence-corrected chi connectivity index (χ2v) is 7.05. The molecule has 28 heavy (non-hydrogen) atoms. The number of benzene rings is 2. The third-order valence-corrected chi connectivity index (χ3v) is 4.80. The van der Waals surface area contributed by atoms with Crippen LogP contribution >= 0.6 is 0 Å². The molecule has 1 unspecified atom stereocenters. The van der Waals surface area contributed by atoms with Crippen LogP contribution in [0.3, 0.4) is 0 Å². The largest absolute Gasteiger partial charge is 0.380 e. The molecule has 0 radical (unpaired) electrons. The Bertz CT molecular complexity index is 1170. The van der Waals surface area contributed by atoms with Crippen molar-refractivity contribution < 1.29 is 5.11 Å². The number of imidazole rings is 1. The minimum atomic E-state index is -0.883. The zero-order chi connectivity index (χ0) is 19.7. The Morgan fingerprint density at radius 2 is 1.75 bits per heavy atom. The normalized spacial score (nSPS) is 12.1. The maximum absolute atomic E-state index is 11.0. The predicted octanol–water partition coefficient (Wildman–Crippen LogP) is 4.05.